The van der Waals surface area contributed by atoms with Gasteiger partial charge in [0.2, 0.25) is 5.91 Å². The fourth-order valence-electron chi connectivity index (χ4n) is 3.84. The van der Waals surface area contributed by atoms with Crippen molar-refractivity contribution in [2.24, 2.45) is 11.8 Å². The average molecular weight is 371 g/mol. The number of piperidine rings is 1. The highest BCUT2D eigenvalue weighted by Crippen LogP contribution is 2.32. The number of pyridine rings is 1. The molecule has 5 nitrogen and oxygen atoms in total. The number of anilines is 1. The molecule has 1 saturated carbocycles. The zero-order chi connectivity index (χ0) is 18.8. The van der Waals surface area contributed by atoms with E-state index in [1.807, 2.05) is 6.07 Å². The van der Waals surface area contributed by atoms with Crippen molar-refractivity contribution in [1.29, 1.82) is 0 Å². The summed E-state index contributed by atoms with van der Waals surface area (Å²) in [4.78, 5) is 19.3. The van der Waals surface area contributed by atoms with E-state index in [1.165, 1.54) is 25.0 Å². The number of carbonyl (C=O) groups excluding carboxylic acids is 1. The maximum atomic E-state index is 13.9. The predicted molar refractivity (Wildman–Crippen MR) is 103 cm³/mol. The highest BCUT2D eigenvalue weighted by atomic mass is 19.1. The molecule has 4 rings (SSSR count). The van der Waals surface area contributed by atoms with Gasteiger partial charge in [0.25, 0.3) is 0 Å². The minimum absolute atomic E-state index is 0.0276. The SMILES string of the molecule is COCc1cc(N2CCCC(C(=O)NCC3CC3)C2)c2cc(F)ccc2n1. The summed E-state index contributed by atoms with van der Waals surface area (Å²) < 4.78 is 19.1. The molecule has 144 valence electrons. The van der Waals surface area contributed by atoms with Crippen molar-refractivity contribution in [2.45, 2.75) is 32.3 Å². The molecule has 2 aliphatic rings. The maximum Gasteiger partial charge on any atom is 0.224 e. The van der Waals surface area contributed by atoms with Crippen LogP contribution in [0.3, 0.4) is 0 Å². The van der Waals surface area contributed by atoms with Gasteiger partial charge in [-0.3, -0.25) is 9.78 Å². The summed E-state index contributed by atoms with van der Waals surface area (Å²) in [6.45, 7) is 2.71. The molecule has 1 saturated heterocycles. The third-order valence-corrected chi connectivity index (χ3v) is 5.49. The van der Waals surface area contributed by atoms with Crippen LogP contribution in [0, 0.1) is 17.7 Å². The molecule has 1 aliphatic carbocycles. The van der Waals surface area contributed by atoms with E-state index in [9.17, 15) is 9.18 Å². The quantitative estimate of drug-likeness (QED) is 0.847. The first kappa shape index (κ1) is 18.2. The number of ether oxygens (including phenoxy) is 1. The monoisotopic (exact) mass is 371 g/mol. The van der Waals surface area contributed by atoms with Gasteiger partial charge in [0.1, 0.15) is 5.82 Å². The summed E-state index contributed by atoms with van der Waals surface area (Å²) in [5.41, 5.74) is 2.50. The standard InChI is InChI=1S/C21H26FN3O2/c1-27-13-17-10-20(18-9-16(22)6-7-19(18)24-17)25-8-2-3-15(12-25)21(26)23-11-14-4-5-14/h6-7,9-10,14-15H,2-5,8,11-13H2,1H3,(H,23,26). The number of amides is 1. The van der Waals surface area contributed by atoms with Gasteiger partial charge in [-0.25, -0.2) is 4.39 Å². The minimum Gasteiger partial charge on any atom is -0.378 e. The van der Waals surface area contributed by atoms with Crippen LogP contribution in [0.5, 0.6) is 0 Å². The van der Waals surface area contributed by atoms with E-state index in [0.29, 0.717) is 19.1 Å². The summed E-state index contributed by atoms with van der Waals surface area (Å²) in [5, 5.41) is 3.89. The number of hydrogen-bond donors (Lipinski definition) is 1. The fourth-order valence-corrected chi connectivity index (χ4v) is 3.84. The number of nitrogens with zero attached hydrogens (tertiary/aromatic N) is 2. The number of rotatable bonds is 6. The number of methoxy groups -OCH3 is 1. The van der Waals surface area contributed by atoms with Crippen LogP contribution in [0.1, 0.15) is 31.4 Å². The van der Waals surface area contributed by atoms with Crippen molar-refractivity contribution in [1.82, 2.24) is 10.3 Å². The largest absolute Gasteiger partial charge is 0.378 e. The van der Waals surface area contributed by atoms with Crippen molar-refractivity contribution >= 4 is 22.5 Å². The predicted octanol–water partition coefficient (Wildman–Crippen LogP) is 3.26. The zero-order valence-corrected chi connectivity index (χ0v) is 15.7. The number of nitrogens with one attached hydrogen (secondary N) is 1. The van der Waals surface area contributed by atoms with Gasteiger partial charge in [0, 0.05) is 37.8 Å². The molecule has 6 heteroatoms. The van der Waals surface area contributed by atoms with Gasteiger partial charge in [0.05, 0.1) is 23.7 Å². The lowest BCUT2D eigenvalue weighted by Crippen LogP contribution is -2.43. The van der Waals surface area contributed by atoms with Gasteiger partial charge in [-0.1, -0.05) is 0 Å². The highest BCUT2D eigenvalue weighted by molar-refractivity contribution is 5.92. The third kappa shape index (κ3) is 4.21. The smallest absolute Gasteiger partial charge is 0.224 e. The number of aromatic nitrogens is 1. The van der Waals surface area contributed by atoms with Gasteiger partial charge < -0.3 is 15.0 Å². The number of benzene rings is 1. The van der Waals surface area contributed by atoms with E-state index in [4.69, 9.17) is 4.74 Å². The molecule has 2 fully saturated rings. The number of fused-ring (bicyclic) bond motifs is 1. The second-order valence-corrected chi connectivity index (χ2v) is 7.70. The van der Waals surface area contributed by atoms with Crippen molar-refractivity contribution in [3.63, 3.8) is 0 Å². The molecule has 1 atom stereocenters. The fraction of sp³-hybridized carbons (Fsp3) is 0.524. The molecule has 0 radical (unpaired) electrons. The maximum absolute atomic E-state index is 13.9. The van der Waals surface area contributed by atoms with Gasteiger partial charge in [-0.05, 0) is 55.9 Å². The summed E-state index contributed by atoms with van der Waals surface area (Å²) in [7, 11) is 1.64. The molecule has 1 aliphatic heterocycles. The van der Waals surface area contributed by atoms with E-state index < -0.39 is 0 Å². The van der Waals surface area contributed by atoms with Crippen LogP contribution in [0.2, 0.25) is 0 Å². The lowest BCUT2D eigenvalue weighted by molar-refractivity contribution is -0.125. The minimum atomic E-state index is -0.277. The third-order valence-electron chi connectivity index (χ3n) is 5.49. The Bertz CT molecular complexity index is 838. The molecular weight excluding hydrogens is 345 g/mol. The molecule has 27 heavy (non-hydrogen) atoms. The van der Waals surface area contributed by atoms with Crippen LogP contribution in [0.25, 0.3) is 10.9 Å². The Hall–Kier alpha value is -2.21. The van der Waals surface area contributed by atoms with Crippen LogP contribution in [0.4, 0.5) is 10.1 Å². The lowest BCUT2D eigenvalue weighted by Gasteiger charge is -2.34. The second-order valence-electron chi connectivity index (χ2n) is 7.70. The second kappa shape index (κ2) is 7.80. The molecular formula is C21H26FN3O2. The van der Waals surface area contributed by atoms with E-state index in [0.717, 1.165) is 48.2 Å². The molecule has 1 unspecified atom stereocenters. The Morgan fingerprint density at radius 2 is 2.19 bits per heavy atom. The van der Waals surface area contributed by atoms with Crippen molar-refractivity contribution in [3.8, 4) is 0 Å². The average Bonchev–Trinajstić information content (AvgIpc) is 3.50. The summed E-state index contributed by atoms with van der Waals surface area (Å²) >= 11 is 0. The van der Waals surface area contributed by atoms with Crippen LogP contribution in [0.15, 0.2) is 24.3 Å². The molecule has 2 aromatic rings. The van der Waals surface area contributed by atoms with E-state index in [1.54, 1.807) is 13.2 Å². The van der Waals surface area contributed by atoms with Crippen LogP contribution in [-0.4, -0.2) is 37.6 Å². The van der Waals surface area contributed by atoms with Gasteiger partial charge in [-0.15, -0.1) is 0 Å². The molecule has 1 aromatic carbocycles. The molecule has 0 spiro atoms. The number of carbonyl (C=O) groups is 1. The van der Waals surface area contributed by atoms with E-state index in [2.05, 4.69) is 15.2 Å². The Kier molecular flexibility index (Phi) is 5.25. The van der Waals surface area contributed by atoms with E-state index in [-0.39, 0.29) is 17.6 Å². The van der Waals surface area contributed by atoms with Crippen molar-refractivity contribution in [2.75, 3.05) is 31.6 Å². The Morgan fingerprint density at radius 1 is 1.33 bits per heavy atom. The Balaban J connectivity index is 1.59. The van der Waals surface area contributed by atoms with Crippen LogP contribution < -0.4 is 10.2 Å². The summed E-state index contributed by atoms with van der Waals surface area (Å²) in [5.74, 6) is 0.520. The molecule has 1 N–H and O–H groups in total. The summed E-state index contributed by atoms with van der Waals surface area (Å²) in [6, 6.07) is 6.64. The Morgan fingerprint density at radius 3 is 2.96 bits per heavy atom. The van der Waals surface area contributed by atoms with E-state index >= 15 is 0 Å². The summed E-state index contributed by atoms with van der Waals surface area (Å²) in [6.07, 6.45) is 4.30. The molecule has 1 aromatic heterocycles. The first-order valence-corrected chi connectivity index (χ1v) is 9.75. The number of hydrogen-bond acceptors (Lipinski definition) is 4. The van der Waals surface area contributed by atoms with Gasteiger partial charge >= 0.3 is 0 Å². The Labute approximate surface area is 158 Å². The van der Waals surface area contributed by atoms with Crippen molar-refractivity contribution in [3.05, 3.63) is 35.8 Å². The van der Waals surface area contributed by atoms with Gasteiger partial charge in [-0.2, -0.15) is 0 Å². The van der Waals surface area contributed by atoms with Gasteiger partial charge in [0.15, 0.2) is 0 Å². The molecule has 2 heterocycles. The zero-order valence-electron chi connectivity index (χ0n) is 15.7. The number of halogens is 1. The first-order valence-electron chi connectivity index (χ1n) is 9.75. The lowest BCUT2D eigenvalue weighted by atomic mass is 9.96. The van der Waals surface area contributed by atoms with Crippen molar-refractivity contribution < 1.29 is 13.9 Å². The van der Waals surface area contributed by atoms with Crippen LogP contribution >= 0.6 is 0 Å². The van der Waals surface area contributed by atoms with Crippen LogP contribution in [-0.2, 0) is 16.1 Å². The normalized spacial score (nSPS) is 20.1. The molecule has 0 bridgehead atoms. The molecule has 1 amide bonds. The highest BCUT2D eigenvalue weighted by Gasteiger charge is 2.29. The topological polar surface area (TPSA) is 54.5 Å². The first-order chi connectivity index (χ1) is 13.1.